The fourth-order valence-electron chi connectivity index (χ4n) is 1.05. The fraction of sp³-hybridized carbons (Fsp3) is 0.857. The number of carbonyl (C=O) groups is 1. The molecule has 0 aromatic carbocycles. The molecule has 0 bridgehead atoms. The monoisotopic (exact) mass is 206 g/mol. The molecule has 0 radical (unpaired) electrons. The summed E-state index contributed by atoms with van der Waals surface area (Å²) in [6.45, 7) is 0.231. The van der Waals surface area contributed by atoms with Crippen molar-refractivity contribution in [3.8, 4) is 0 Å². The summed E-state index contributed by atoms with van der Waals surface area (Å²) in [5.74, 6) is -1.36. The Morgan fingerprint density at radius 3 is 2.29 bits per heavy atom. The zero-order valence-electron chi connectivity index (χ0n) is 8.43. The molecule has 0 aromatic heterocycles. The van der Waals surface area contributed by atoms with Crippen molar-refractivity contribution >= 4 is 5.97 Å². The van der Waals surface area contributed by atoms with Gasteiger partial charge in [0.1, 0.15) is 6.54 Å². The van der Waals surface area contributed by atoms with Crippen LogP contribution in [0.3, 0.4) is 0 Å². The van der Waals surface area contributed by atoms with E-state index in [1.807, 2.05) is 0 Å². The van der Waals surface area contributed by atoms with Crippen LogP contribution in [0.2, 0.25) is 0 Å². The van der Waals surface area contributed by atoms with Gasteiger partial charge in [-0.15, -0.1) is 10.1 Å². The third-order valence-corrected chi connectivity index (χ3v) is 1.38. The number of likely N-dealkylation sites (N-methyl/N-ethyl adjacent to an activating group) is 1. The minimum absolute atomic E-state index is 0.231. The average molecular weight is 206 g/mol. The van der Waals surface area contributed by atoms with Gasteiger partial charge in [0.25, 0.3) is 5.09 Å². The first-order valence-electron chi connectivity index (χ1n) is 4.02. The van der Waals surface area contributed by atoms with E-state index in [2.05, 4.69) is 4.84 Å². The third-order valence-electron chi connectivity index (χ3n) is 1.38. The van der Waals surface area contributed by atoms with Crippen LogP contribution in [-0.4, -0.2) is 49.3 Å². The number of carboxylic acids is 1. The predicted octanol–water partition coefficient (Wildman–Crippen LogP) is -1.59. The maximum atomic E-state index is 10.3. The first kappa shape index (κ1) is 12.6. The van der Waals surface area contributed by atoms with Gasteiger partial charge in [0.05, 0.1) is 21.1 Å². The molecule has 1 atom stereocenters. The molecule has 0 heterocycles. The molecule has 82 valence electrons. The molecule has 0 amide bonds. The van der Waals surface area contributed by atoms with Crippen LogP contribution in [0.1, 0.15) is 6.42 Å². The normalized spacial score (nSPS) is 13.4. The molecule has 7 nitrogen and oxygen atoms in total. The van der Waals surface area contributed by atoms with Crippen molar-refractivity contribution in [2.45, 2.75) is 12.5 Å². The van der Waals surface area contributed by atoms with Crippen LogP contribution in [0.15, 0.2) is 0 Å². The Morgan fingerprint density at radius 1 is 1.50 bits per heavy atom. The Hall–Kier alpha value is -1.37. The Labute approximate surface area is 81.6 Å². The number of carboxylic acid groups (broad SMARTS) is 1. The summed E-state index contributed by atoms with van der Waals surface area (Å²) in [6.07, 6.45) is -1.44. The van der Waals surface area contributed by atoms with Gasteiger partial charge in [-0.2, -0.15) is 0 Å². The van der Waals surface area contributed by atoms with Crippen LogP contribution < -0.4 is 5.11 Å². The highest BCUT2D eigenvalue weighted by Gasteiger charge is 2.21. The van der Waals surface area contributed by atoms with E-state index in [1.54, 1.807) is 21.1 Å². The van der Waals surface area contributed by atoms with E-state index in [-0.39, 0.29) is 6.54 Å². The van der Waals surface area contributed by atoms with E-state index in [1.165, 1.54) is 0 Å². The van der Waals surface area contributed by atoms with Crippen LogP contribution in [-0.2, 0) is 9.63 Å². The van der Waals surface area contributed by atoms with Crippen LogP contribution in [0, 0.1) is 10.1 Å². The number of nitrogens with zero attached hydrogens (tertiary/aromatic N) is 2. The molecule has 0 unspecified atom stereocenters. The zero-order chi connectivity index (χ0) is 11.4. The van der Waals surface area contributed by atoms with Crippen LogP contribution >= 0.6 is 0 Å². The standard InChI is InChI=1S/C7H14N2O5/c1-9(2,3)5-6(4-7(10)11)14-8(12)13/h6H,4-5H2,1-3H3/t6-/m1/s1. The van der Waals surface area contributed by atoms with Crippen molar-refractivity contribution in [3.63, 3.8) is 0 Å². The Morgan fingerprint density at radius 2 is 2.00 bits per heavy atom. The van der Waals surface area contributed by atoms with Gasteiger partial charge in [-0.1, -0.05) is 0 Å². The fourth-order valence-corrected chi connectivity index (χ4v) is 1.05. The Bertz CT molecular complexity index is 207. The maximum absolute atomic E-state index is 10.3. The second-order valence-electron chi connectivity index (χ2n) is 4.00. The van der Waals surface area contributed by atoms with Crippen molar-refractivity contribution in [2.24, 2.45) is 0 Å². The summed E-state index contributed by atoms with van der Waals surface area (Å²) in [5.41, 5.74) is 0. The summed E-state index contributed by atoms with van der Waals surface area (Å²) in [7, 11) is 5.35. The number of quaternary nitrogens is 1. The third kappa shape index (κ3) is 7.29. The van der Waals surface area contributed by atoms with Crippen LogP contribution in [0.5, 0.6) is 0 Å². The SMILES string of the molecule is C[N+](C)(C)C[C@@H](CC(=O)[O-])O[N+](=O)[O-]. The molecule has 0 N–H and O–H groups in total. The molecule has 0 spiro atoms. The van der Waals surface area contributed by atoms with Crippen molar-refractivity contribution < 1.29 is 24.3 Å². The molecule has 0 saturated heterocycles. The van der Waals surface area contributed by atoms with Gasteiger partial charge in [0.15, 0.2) is 6.10 Å². The van der Waals surface area contributed by atoms with Crippen LogP contribution in [0.25, 0.3) is 0 Å². The molecule has 0 saturated carbocycles. The summed E-state index contributed by atoms with van der Waals surface area (Å²) >= 11 is 0. The van der Waals surface area contributed by atoms with Gasteiger partial charge in [-0.3, -0.25) is 0 Å². The van der Waals surface area contributed by atoms with Gasteiger partial charge < -0.3 is 19.2 Å². The number of rotatable bonds is 6. The minimum atomic E-state index is -1.36. The van der Waals surface area contributed by atoms with Gasteiger partial charge in [0.2, 0.25) is 0 Å². The van der Waals surface area contributed by atoms with E-state index in [9.17, 15) is 20.0 Å². The lowest BCUT2D eigenvalue weighted by Crippen LogP contribution is -2.45. The van der Waals surface area contributed by atoms with Crippen molar-refractivity contribution in [3.05, 3.63) is 10.1 Å². The van der Waals surface area contributed by atoms with E-state index >= 15 is 0 Å². The molecular weight excluding hydrogens is 192 g/mol. The highest BCUT2D eigenvalue weighted by Crippen LogP contribution is 2.03. The molecule has 0 aromatic rings. The van der Waals surface area contributed by atoms with Gasteiger partial charge in [-0.25, -0.2) is 0 Å². The second kappa shape index (κ2) is 4.75. The first-order chi connectivity index (χ1) is 6.20. The largest absolute Gasteiger partial charge is 0.550 e. The molecule has 0 aliphatic heterocycles. The lowest BCUT2D eigenvalue weighted by molar-refractivity contribution is -0.885. The molecule has 0 aliphatic carbocycles. The maximum Gasteiger partial charge on any atom is 0.295 e. The molecule has 14 heavy (non-hydrogen) atoms. The van der Waals surface area contributed by atoms with Crippen molar-refractivity contribution in [1.29, 1.82) is 0 Å². The molecule has 7 heteroatoms. The van der Waals surface area contributed by atoms with Gasteiger partial charge >= 0.3 is 0 Å². The summed E-state index contributed by atoms with van der Waals surface area (Å²) in [5, 5.41) is 19.3. The lowest BCUT2D eigenvalue weighted by Gasteiger charge is -2.28. The summed E-state index contributed by atoms with van der Waals surface area (Å²) < 4.78 is 0.381. The molecule has 0 aliphatic rings. The molecule has 0 rings (SSSR count). The average Bonchev–Trinajstić information content (AvgIpc) is 1.77. The van der Waals surface area contributed by atoms with E-state index in [4.69, 9.17) is 0 Å². The first-order valence-corrected chi connectivity index (χ1v) is 4.02. The summed E-state index contributed by atoms with van der Waals surface area (Å²) in [6, 6.07) is 0. The van der Waals surface area contributed by atoms with Gasteiger partial charge in [0, 0.05) is 12.4 Å². The predicted molar refractivity (Wildman–Crippen MR) is 44.4 cm³/mol. The zero-order valence-corrected chi connectivity index (χ0v) is 8.43. The van der Waals surface area contributed by atoms with E-state index in [0.29, 0.717) is 4.48 Å². The second-order valence-corrected chi connectivity index (χ2v) is 4.00. The van der Waals surface area contributed by atoms with Crippen LogP contribution in [0.4, 0.5) is 0 Å². The topological polar surface area (TPSA) is 92.5 Å². The lowest BCUT2D eigenvalue weighted by atomic mass is 10.2. The number of aliphatic carboxylic acids is 1. The van der Waals surface area contributed by atoms with Crippen molar-refractivity contribution in [2.75, 3.05) is 27.7 Å². The van der Waals surface area contributed by atoms with Crippen molar-refractivity contribution in [1.82, 2.24) is 0 Å². The van der Waals surface area contributed by atoms with E-state index < -0.39 is 23.6 Å². The quantitative estimate of drug-likeness (QED) is 0.297. The highest BCUT2D eigenvalue weighted by molar-refractivity contribution is 5.64. The minimum Gasteiger partial charge on any atom is -0.550 e. The van der Waals surface area contributed by atoms with E-state index in [0.717, 1.165) is 0 Å². The summed E-state index contributed by atoms with van der Waals surface area (Å²) in [4.78, 5) is 24.5. The Kier molecular flexibility index (Phi) is 4.29. The highest BCUT2D eigenvalue weighted by atomic mass is 17.0. The Balaban J connectivity index is 4.24. The smallest absolute Gasteiger partial charge is 0.295 e. The van der Waals surface area contributed by atoms with Gasteiger partial charge in [-0.05, 0) is 0 Å². The molecular formula is C7H14N2O5. The molecule has 0 fully saturated rings. The number of hydrogen-bond donors (Lipinski definition) is 0. The number of hydrogen-bond acceptors (Lipinski definition) is 5. The number of carbonyl (C=O) groups excluding carboxylic acids is 1.